The van der Waals surface area contributed by atoms with Gasteiger partial charge in [0.05, 0.1) is 17.1 Å². The molecular formula is C25H34N8. The van der Waals surface area contributed by atoms with Crippen molar-refractivity contribution in [3.63, 3.8) is 0 Å². The maximum absolute atomic E-state index is 4.96. The topological polar surface area (TPSA) is 75.0 Å². The summed E-state index contributed by atoms with van der Waals surface area (Å²) in [6.07, 6.45) is 4.67. The minimum atomic E-state index is 0.325. The Morgan fingerprint density at radius 2 is 1.76 bits per heavy atom. The van der Waals surface area contributed by atoms with Crippen molar-refractivity contribution in [3.05, 3.63) is 47.2 Å². The van der Waals surface area contributed by atoms with Crippen LogP contribution in [-0.2, 0) is 13.0 Å². The largest absolute Gasteiger partial charge is 0.324 e. The summed E-state index contributed by atoms with van der Waals surface area (Å²) < 4.78 is 2.34. The molecule has 0 amide bonds. The van der Waals surface area contributed by atoms with Crippen molar-refractivity contribution < 1.29 is 0 Å². The van der Waals surface area contributed by atoms with Gasteiger partial charge in [0.2, 0.25) is 5.95 Å². The molecule has 1 aliphatic heterocycles. The van der Waals surface area contributed by atoms with Crippen molar-refractivity contribution in [2.45, 2.75) is 52.6 Å². The van der Waals surface area contributed by atoms with Crippen LogP contribution in [0.1, 0.15) is 62.3 Å². The molecule has 0 atom stereocenters. The zero-order chi connectivity index (χ0) is 23.1. The van der Waals surface area contributed by atoms with Crippen LogP contribution in [0.5, 0.6) is 0 Å². The van der Waals surface area contributed by atoms with Crippen LogP contribution in [0.25, 0.3) is 11.4 Å². The molecule has 0 radical (unpaired) electrons. The van der Waals surface area contributed by atoms with Gasteiger partial charge in [0.25, 0.3) is 0 Å². The molecule has 8 nitrogen and oxygen atoms in total. The monoisotopic (exact) mass is 446 g/mol. The van der Waals surface area contributed by atoms with Gasteiger partial charge in [0.15, 0.2) is 0 Å². The van der Waals surface area contributed by atoms with E-state index in [1.807, 2.05) is 18.5 Å². The van der Waals surface area contributed by atoms with E-state index in [1.54, 1.807) is 0 Å². The summed E-state index contributed by atoms with van der Waals surface area (Å²) in [5.41, 5.74) is 5.61. The number of fused-ring (bicyclic) bond motifs is 3. The van der Waals surface area contributed by atoms with E-state index in [9.17, 15) is 0 Å². The highest BCUT2D eigenvalue weighted by Crippen LogP contribution is 2.39. The summed E-state index contributed by atoms with van der Waals surface area (Å²) in [5, 5.41) is 3.30. The predicted molar refractivity (Wildman–Crippen MR) is 131 cm³/mol. The summed E-state index contributed by atoms with van der Waals surface area (Å²) in [7, 11) is 2.18. The number of nitrogens with one attached hydrogen (secondary N) is 1. The fourth-order valence-corrected chi connectivity index (χ4v) is 4.76. The van der Waals surface area contributed by atoms with Crippen LogP contribution < -0.4 is 5.32 Å². The third-order valence-electron chi connectivity index (χ3n) is 6.56. The Labute approximate surface area is 196 Å². The van der Waals surface area contributed by atoms with Crippen molar-refractivity contribution >= 4 is 11.8 Å². The lowest BCUT2D eigenvalue weighted by molar-refractivity contribution is 0.148. The van der Waals surface area contributed by atoms with E-state index in [2.05, 4.69) is 70.5 Å². The average Bonchev–Trinajstić information content (AvgIpc) is 3.33. The number of hydrogen-bond acceptors (Lipinski definition) is 7. The Kier molecular flexibility index (Phi) is 5.88. The fraction of sp³-hybridized carbons (Fsp3) is 0.520. The maximum atomic E-state index is 4.96. The highest BCUT2D eigenvalue weighted by molar-refractivity contribution is 5.71. The van der Waals surface area contributed by atoms with Crippen molar-refractivity contribution in [1.82, 2.24) is 34.3 Å². The SMILES string of the molecule is CC(C)c1nc2c(n1C(C)C)-c1nc(Nc3ccc(CN4CCN(C)CC4)cn3)ncc1C2. The number of nitrogens with zero attached hydrogens (tertiary/aromatic N) is 7. The molecule has 0 unspecified atom stereocenters. The summed E-state index contributed by atoms with van der Waals surface area (Å²) in [6.45, 7) is 14.2. The quantitative estimate of drug-likeness (QED) is 0.482. The molecule has 0 saturated carbocycles. The first-order valence-corrected chi connectivity index (χ1v) is 12.0. The molecule has 0 spiro atoms. The molecule has 5 rings (SSSR count). The molecule has 1 aliphatic carbocycles. The van der Waals surface area contributed by atoms with Gasteiger partial charge in [-0.1, -0.05) is 19.9 Å². The number of pyridine rings is 1. The fourth-order valence-electron chi connectivity index (χ4n) is 4.76. The van der Waals surface area contributed by atoms with Crippen LogP contribution in [0, 0.1) is 0 Å². The number of imidazole rings is 1. The second-order valence-electron chi connectivity index (χ2n) is 9.88. The van der Waals surface area contributed by atoms with E-state index in [4.69, 9.17) is 9.97 Å². The minimum Gasteiger partial charge on any atom is -0.324 e. The molecule has 0 bridgehead atoms. The molecule has 3 aromatic rings. The Bertz CT molecular complexity index is 1120. The van der Waals surface area contributed by atoms with Gasteiger partial charge in [0, 0.05) is 69.1 Å². The van der Waals surface area contributed by atoms with Crippen molar-refractivity contribution in [1.29, 1.82) is 0 Å². The third kappa shape index (κ3) is 4.37. The molecule has 33 heavy (non-hydrogen) atoms. The molecule has 2 aliphatic rings. The smallest absolute Gasteiger partial charge is 0.228 e. The number of aromatic nitrogens is 5. The highest BCUT2D eigenvalue weighted by atomic mass is 15.2. The van der Waals surface area contributed by atoms with Crippen molar-refractivity contribution in [2.75, 3.05) is 38.5 Å². The van der Waals surface area contributed by atoms with E-state index < -0.39 is 0 Å². The first-order valence-electron chi connectivity index (χ1n) is 12.0. The summed E-state index contributed by atoms with van der Waals surface area (Å²) >= 11 is 0. The van der Waals surface area contributed by atoms with Crippen LogP contribution in [-0.4, -0.2) is 67.5 Å². The molecule has 8 heteroatoms. The van der Waals surface area contributed by atoms with Gasteiger partial charge in [-0.2, -0.15) is 0 Å². The van der Waals surface area contributed by atoms with Gasteiger partial charge in [-0.3, -0.25) is 4.90 Å². The first kappa shape index (κ1) is 22.0. The van der Waals surface area contributed by atoms with E-state index >= 15 is 0 Å². The van der Waals surface area contributed by atoms with Gasteiger partial charge < -0.3 is 14.8 Å². The molecule has 3 aromatic heterocycles. The summed E-state index contributed by atoms with van der Waals surface area (Å²) in [6, 6.07) is 4.48. The first-order chi connectivity index (χ1) is 15.9. The van der Waals surface area contributed by atoms with Gasteiger partial charge in [-0.15, -0.1) is 0 Å². The second-order valence-corrected chi connectivity index (χ2v) is 9.88. The van der Waals surface area contributed by atoms with Crippen LogP contribution in [0.15, 0.2) is 24.5 Å². The lowest BCUT2D eigenvalue weighted by Crippen LogP contribution is -2.43. The van der Waals surface area contributed by atoms with Gasteiger partial charge >= 0.3 is 0 Å². The Balaban J connectivity index is 1.33. The van der Waals surface area contributed by atoms with Gasteiger partial charge in [0.1, 0.15) is 11.6 Å². The Morgan fingerprint density at radius 1 is 0.970 bits per heavy atom. The maximum Gasteiger partial charge on any atom is 0.228 e. The zero-order valence-electron chi connectivity index (χ0n) is 20.3. The molecule has 1 saturated heterocycles. The van der Waals surface area contributed by atoms with E-state index in [1.165, 1.54) is 5.56 Å². The molecule has 4 heterocycles. The number of hydrogen-bond donors (Lipinski definition) is 1. The van der Waals surface area contributed by atoms with Crippen LogP contribution in [0.2, 0.25) is 0 Å². The molecular weight excluding hydrogens is 412 g/mol. The summed E-state index contributed by atoms with van der Waals surface area (Å²) in [5.74, 6) is 2.83. The normalized spacial score (nSPS) is 16.5. The van der Waals surface area contributed by atoms with Crippen molar-refractivity contribution in [2.24, 2.45) is 0 Å². The average molecular weight is 447 g/mol. The highest BCUT2D eigenvalue weighted by Gasteiger charge is 2.30. The summed E-state index contributed by atoms with van der Waals surface area (Å²) in [4.78, 5) is 23.9. The molecule has 1 fully saturated rings. The van der Waals surface area contributed by atoms with E-state index in [0.29, 0.717) is 17.9 Å². The lowest BCUT2D eigenvalue weighted by atomic mass is 10.2. The Hall–Kier alpha value is -2.84. The van der Waals surface area contributed by atoms with E-state index in [-0.39, 0.29) is 0 Å². The third-order valence-corrected chi connectivity index (χ3v) is 6.56. The Morgan fingerprint density at radius 3 is 2.42 bits per heavy atom. The standard InChI is InChI=1S/C25H34N8/c1-16(2)24-28-20-12-19-14-27-25(30-22(19)23(20)33(24)17(3)4)29-21-7-6-18(13-26-21)15-32-10-8-31(5)9-11-32/h6-7,13-14,16-17H,8-12,15H2,1-5H3,(H,26,27,29,30). The molecule has 174 valence electrons. The number of anilines is 2. The molecule has 0 aromatic carbocycles. The van der Waals surface area contributed by atoms with Crippen LogP contribution >= 0.6 is 0 Å². The predicted octanol–water partition coefficient (Wildman–Crippen LogP) is 3.83. The van der Waals surface area contributed by atoms with Crippen LogP contribution in [0.4, 0.5) is 11.8 Å². The van der Waals surface area contributed by atoms with Crippen LogP contribution in [0.3, 0.4) is 0 Å². The lowest BCUT2D eigenvalue weighted by Gasteiger charge is -2.32. The number of piperazine rings is 1. The number of rotatable bonds is 6. The zero-order valence-corrected chi connectivity index (χ0v) is 20.3. The van der Waals surface area contributed by atoms with E-state index in [0.717, 1.165) is 73.4 Å². The van der Waals surface area contributed by atoms with Gasteiger partial charge in [-0.05, 0) is 32.5 Å². The second kappa shape index (κ2) is 8.83. The van der Waals surface area contributed by atoms with Gasteiger partial charge in [-0.25, -0.2) is 19.9 Å². The number of likely N-dealkylation sites (N-methyl/N-ethyl adjacent to an activating group) is 1. The molecule has 1 N–H and O–H groups in total. The van der Waals surface area contributed by atoms with Crippen molar-refractivity contribution in [3.8, 4) is 11.4 Å². The minimum absolute atomic E-state index is 0.325.